The highest BCUT2D eigenvalue weighted by Crippen LogP contribution is 2.20. The molecule has 0 saturated carbocycles. The molecule has 11 nitrogen and oxygen atoms in total. The summed E-state index contributed by atoms with van der Waals surface area (Å²) < 4.78 is 64.0. The van der Waals surface area contributed by atoms with Gasteiger partial charge in [0.15, 0.2) is 12.2 Å². The Morgan fingerprint density at radius 2 is 1.27 bits per heavy atom. The van der Waals surface area contributed by atoms with Crippen LogP contribution in [0.2, 0.25) is 0 Å². The molecule has 0 aliphatic rings. The van der Waals surface area contributed by atoms with Gasteiger partial charge in [0.1, 0.15) is 11.6 Å². The number of carbonyl (C=O) groups excluding carboxylic acids is 2. The lowest BCUT2D eigenvalue weighted by atomic mass is 10.1. The molecule has 214 valence electrons. The van der Waals surface area contributed by atoms with E-state index in [1.807, 2.05) is 0 Å². The van der Waals surface area contributed by atoms with Gasteiger partial charge in [-0.25, -0.2) is 18.4 Å². The second-order valence-corrected chi connectivity index (χ2v) is 9.59. The third kappa shape index (κ3) is 9.80. The van der Waals surface area contributed by atoms with E-state index in [9.17, 15) is 42.0 Å². The number of aliphatic hydroxyl groups excluding tert-OH is 1. The van der Waals surface area contributed by atoms with Crippen LogP contribution in [0.3, 0.4) is 0 Å². The van der Waals surface area contributed by atoms with Crippen molar-refractivity contribution in [3.63, 3.8) is 0 Å². The summed E-state index contributed by atoms with van der Waals surface area (Å²) in [5.74, 6) is -2.45. The standard InChI is InChI=1S/C16H14FNO7S.C10H11FO3/c1-24-16(19)15(10-11-2-4-12(17)5-3-11)25-26(22,23)14-8-6-13(7-9-14)18(20)21;1-14-10(13)9(12)6-7-2-4-8(11)5-3-7/h2-9,15H,10H2,1H3;2-5,9,12H,6H2,1H3/t15-;9-/m11/s1. The zero-order valence-electron chi connectivity index (χ0n) is 21.2. The van der Waals surface area contributed by atoms with Gasteiger partial charge < -0.3 is 14.6 Å². The Balaban J connectivity index is 0.000000337. The number of hydrogen-bond donors (Lipinski definition) is 1. The molecule has 0 unspecified atom stereocenters. The van der Waals surface area contributed by atoms with Gasteiger partial charge in [-0.1, -0.05) is 24.3 Å². The lowest BCUT2D eigenvalue weighted by Gasteiger charge is -2.15. The molecule has 1 N–H and O–H groups in total. The normalized spacial score (nSPS) is 12.3. The van der Waals surface area contributed by atoms with Crippen LogP contribution in [0.1, 0.15) is 11.1 Å². The fourth-order valence-corrected chi connectivity index (χ4v) is 4.16. The van der Waals surface area contributed by atoms with E-state index in [2.05, 4.69) is 9.47 Å². The largest absolute Gasteiger partial charge is 0.467 e. The molecule has 0 bridgehead atoms. The van der Waals surface area contributed by atoms with Crippen molar-refractivity contribution in [2.45, 2.75) is 29.9 Å². The van der Waals surface area contributed by atoms with Crippen molar-refractivity contribution in [3.05, 3.63) is 106 Å². The fourth-order valence-electron chi connectivity index (χ4n) is 3.13. The number of carbonyl (C=O) groups is 2. The topological polar surface area (TPSA) is 159 Å². The zero-order chi connectivity index (χ0) is 29.9. The van der Waals surface area contributed by atoms with Crippen LogP contribution in [0, 0.1) is 21.7 Å². The zero-order valence-corrected chi connectivity index (χ0v) is 22.0. The van der Waals surface area contributed by atoms with E-state index in [-0.39, 0.29) is 29.2 Å². The van der Waals surface area contributed by atoms with Crippen molar-refractivity contribution in [1.82, 2.24) is 0 Å². The highest BCUT2D eigenvalue weighted by Gasteiger charge is 2.29. The van der Waals surface area contributed by atoms with Crippen molar-refractivity contribution < 1.29 is 50.5 Å². The Kier molecular flexibility index (Phi) is 11.8. The Bertz CT molecular complexity index is 1400. The van der Waals surface area contributed by atoms with E-state index in [0.717, 1.165) is 43.5 Å². The number of nitro groups is 1. The van der Waals surface area contributed by atoms with Crippen LogP contribution in [-0.2, 0) is 46.2 Å². The molecule has 3 aromatic rings. The van der Waals surface area contributed by atoms with Gasteiger partial charge >= 0.3 is 11.9 Å². The minimum atomic E-state index is -4.38. The first kappa shape index (κ1) is 31.9. The van der Waals surface area contributed by atoms with Gasteiger partial charge in [-0.05, 0) is 47.5 Å². The summed E-state index contributed by atoms with van der Waals surface area (Å²) in [4.78, 5) is 32.3. The Labute approximate surface area is 228 Å². The van der Waals surface area contributed by atoms with E-state index in [1.54, 1.807) is 0 Å². The molecule has 0 radical (unpaired) electrons. The maximum absolute atomic E-state index is 13.0. The molecule has 3 aromatic carbocycles. The first-order valence-electron chi connectivity index (χ1n) is 11.4. The third-order valence-electron chi connectivity index (χ3n) is 5.19. The number of nitro benzene ring substituents is 1. The van der Waals surface area contributed by atoms with Crippen LogP contribution in [-0.4, -0.2) is 56.8 Å². The quantitative estimate of drug-likeness (QED) is 0.163. The number of methoxy groups -OCH3 is 2. The molecular weight excluding hydrogens is 556 g/mol. The van der Waals surface area contributed by atoms with E-state index in [4.69, 9.17) is 4.18 Å². The van der Waals surface area contributed by atoms with E-state index in [0.29, 0.717) is 11.1 Å². The predicted octanol–water partition coefficient (Wildman–Crippen LogP) is 3.13. The van der Waals surface area contributed by atoms with E-state index in [1.165, 1.54) is 43.5 Å². The monoisotopic (exact) mass is 581 g/mol. The van der Waals surface area contributed by atoms with Crippen molar-refractivity contribution in [1.29, 1.82) is 0 Å². The maximum atomic E-state index is 13.0. The lowest BCUT2D eigenvalue weighted by Crippen LogP contribution is -2.30. The minimum absolute atomic E-state index is 0.132. The van der Waals surface area contributed by atoms with Gasteiger partial charge in [0.25, 0.3) is 15.8 Å². The number of non-ortho nitro benzene ring substituents is 1. The number of aliphatic hydroxyl groups is 1. The van der Waals surface area contributed by atoms with Crippen LogP contribution < -0.4 is 0 Å². The molecule has 0 saturated heterocycles. The fraction of sp³-hybridized carbons (Fsp3) is 0.231. The molecule has 0 spiro atoms. The van der Waals surface area contributed by atoms with Gasteiger partial charge in [-0.2, -0.15) is 8.42 Å². The highest BCUT2D eigenvalue weighted by atomic mass is 32.2. The van der Waals surface area contributed by atoms with E-state index < -0.39 is 45.0 Å². The lowest BCUT2D eigenvalue weighted by molar-refractivity contribution is -0.384. The van der Waals surface area contributed by atoms with Gasteiger partial charge in [0.2, 0.25) is 0 Å². The molecule has 3 rings (SSSR count). The van der Waals surface area contributed by atoms with Crippen molar-refractivity contribution in [2.75, 3.05) is 14.2 Å². The van der Waals surface area contributed by atoms with Crippen LogP contribution in [0.15, 0.2) is 77.7 Å². The Morgan fingerprint density at radius 1 is 0.825 bits per heavy atom. The minimum Gasteiger partial charge on any atom is -0.467 e. The summed E-state index contributed by atoms with van der Waals surface area (Å²) in [6.45, 7) is 0. The molecule has 0 fully saturated rings. The second-order valence-electron chi connectivity index (χ2n) is 8.01. The number of halogens is 2. The third-order valence-corrected chi connectivity index (χ3v) is 6.53. The summed E-state index contributed by atoms with van der Waals surface area (Å²) in [6.07, 6.45) is -2.72. The maximum Gasteiger partial charge on any atom is 0.336 e. The number of esters is 2. The number of rotatable bonds is 10. The number of hydrogen-bond acceptors (Lipinski definition) is 10. The average molecular weight is 582 g/mol. The number of benzene rings is 3. The Hall–Kier alpha value is -4.27. The SMILES string of the molecule is COC(=O)[C@@H](Cc1ccc(F)cc1)OS(=O)(=O)c1ccc([N+](=O)[O-])cc1.COC(=O)[C@H](O)Cc1ccc(F)cc1. The molecule has 0 aromatic heterocycles. The molecule has 2 atom stereocenters. The second kappa shape index (κ2) is 14.8. The van der Waals surface area contributed by atoms with Crippen LogP contribution in [0.5, 0.6) is 0 Å². The summed E-state index contributed by atoms with van der Waals surface area (Å²) in [6, 6.07) is 14.7. The molecule has 40 heavy (non-hydrogen) atoms. The van der Waals surface area contributed by atoms with Crippen LogP contribution >= 0.6 is 0 Å². The molecule has 0 heterocycles. The van der Waals surface area contributed by atoms with Crippen LogP contribution in [0.25, 0.3) is 0 Å². The molecule has 0 aliphatic heterocycles. The van der Waals surface area contributed by atoms with Gasteiger partial charge in [0.05, 0.1) is 24.0 Å². The van der Waals surface area contributed by atoms with Gasteiger partial charge in [0, 0.05) is 25.0 Å². The first-order valence-corrected chi connectivity index (χ1v) is 12.8. The molecular formula is C26H25F2NO10S. The predicted molar refractivity (Wildman–Crippen MR) is 135 cm³/mol. The molecule has 0 amide bonds. The number of nitrogens with zero attached hydrogens (tertiary/aromatic N) is 1. The average Bonchev–Trinajstić information content (AvgIpc) is 2.94. The molecule has 14 heteroatoms. The summed E-state index contributed by atoms with van der Waals surface area (Å²) in [5, 5.41) is 19.9. The summed E-state index contributed by atoms with van der Waals surface area (Å²) in [7, 11) is -2.11. The van der Waals surface area contributed by atoms with Crippen molar-refractivity contribution in [2.24, 2.45) is 0 Å². The van der Waals surface area contributed by atoms with Gasteiger partial charge in [-0.15, -0.1) is 0 Å². The van der Waals surface area contributed by atoms with E-state index >= 15 is 0 Å². The number of ether oxygens (including phenoxy) is 2. The Morgan fingerprint density at radius 3 is 1.70 bits per heavy atom. The van der Waals surface area contributed by atoms with Crippen molar-refractivity contribution >= 4 is 27.7 Å². The van der Waals surface area contributed by atoms with Gasteiger partial charge in [-0.3, -0.25) is 14.3 Å². The molecule has 0 aliphatic carbocycles. The highest BCUT2D eigenvalue weighted by molar-refractivity contribution is 7.86. The van der Waals surface area contributed by atoms with Crippen LogP contribution in [0.4, 0.5) is 14.5 Å². The smallest absolute Gasteiger partial charge is 0.336 e. The first-order chi connectivity index (χ1) is 18.9. The summed E-state index contributed by atoms with van der Waals surface area (Å²) >= 11 is 0. The van der Waals surface area contributed by atoms with Crippen molar-refractivity contribution in [3.8, 4) is 0 Å². The summed E-state index contributed by atoms with van der Waals surface area (Å²) in [5.41, 5.74) is 0.852.